The van der Waals surface area contributed by atoms with Crippen LogP contribution < -0.4 is 30.2 Å². The topological polar surface area (TPSA) is 131 Å². The third-order valence-corrected chi connectivity index (χ3v) is 7.25. The highest BCUT2D eigenvalue weighted by atomic mass is 16.5. The number of carbonyl (C=O) groups is 1. The largest absolute Gasteiger partial charge is 0.493 e. The van der Waals surface area contributed by atoms with Crippen molar-refractivity contribution in [3.63, 3.8) is 0 Å². The number of aliphatic hydroxyl groups is 1. The Kier molecular flexibility index (Phi) is 8.73. The van der Waals surface area contributed by atoms with Crippen molar-refractivity contribution in [1.29, 1.82) is 0 Å². The van der Waals surface area contributed by atoms with Crippen molar-refractivity contribution in [3.8, 4) is 39.8 Å². The molecule has 4 aromatic carbocycles. The molecule has 0 saturated carbocycles. The smallest absolute Gasteiger partial charge is 0.355 e. The van der Waals surface area contributed by atoms with E-state index in [1.54, 1.807) is 54.6 Å². The number of hydrogen-bond donors (Lipinski definition) is 2. The maximum absolute atomic E-state index is 14.3. The first-order valence-electron chi connectivity index (χ1n) is 13.6. The minimum atomic E-state index is -0.726. The molecule has 0 amide bonds. The molecule has 10 nitrogen and oxygen atoms in total. The third-order valence-electron chi connectivity index (χ3n) is 7.25. The average molecular weight is 597 g/mol. The van der Waals surface area contributed by atoms with Gasteiger partial charge in [-0.3, -0.25) is 9.36 Å². The number of nitrogens with zero attached hydrogens (tertiary/aromatic N) is 1. The Bertz CT molecular complexity index is 1860. The number of benzene rings is 4. The Morgan fingerprint density at radius 1 is 0.795 bits per heavy atom. The van der Waals surface area contributed by atoms with Gasteiger partial charge < -0.3 is 34.5 Å². The molecule has 5 aromatic rings. The van der Waals surface area contributed by atoms with E-state index in [9.17, 15) is 14.7 Å². The van der Waals surface area contributed by atoms with Gasteiger partial charge in [0.1, 0.15) is 18.1 Å². The first-order valence-corrected chi connectivity index (χ1v) is 13.6. The van der Waals surface area contributed by atoms with Gasteiger partial charge >= 0.3 is 5.97 Å². The maximum atomic E-state index is 14.3. The maximum Gasteiger partial charge on any atom is 0.355 e. The van der Waals surface area contributed by atoms with Gasteiger partial charge in [-0.2, -0.15) is 0 Å². The van der Waals surface area contributed by atoms with Gasteiger partial charge in [0.2, 0.25) is 5.75 Å². The monoisotopic (exact) mass is 596 g/mol. The summed E-state index contributed by atoms with van der Waals surface area (Å²) in [7, 11) is 5.75. The van der Waals surface area contributed by atoms with Crippen LogP contribution in [0.5, 0.6) is 23.0 Å². The third kappa shape index (κ3) is 5.62. The zero-order chi connectivity index (χ0) is 31.4. The molecule has 0 aliphatic heterocycles. The molecule has 0 fully saturated rings. The molecular weight excluding hydrogens is 564 g/mol. The molecule has 226 valence electrons. The molecule has 10 heteroatoms. The number of anilines is 1. The lowest BCUT2D eigenvalue weighted by Crippen LogP contribution is -2.27. The molecule has 1 heterocycles. The summed E-state index contributed by atoms with van der Waals surface area (Å²) in [4.78, 5) is 27.8. The van der Waals surface area contributed by atoms with Crippen LogP contribution in [-0.4, -0.2) is 44.1 Å². The van der Waals surface area contributed by atoms with Crippen LogP contribution in [0.15, 0.2) is 83.7 Å². The van der Waals surface area contributed by atoms with Crippen LogP contribution in [0.2, 0.25) is 0 Å². The number of ether oxygens (including phenoxy) is 5. The number of aromatic nitrogens is 1. The molecule has 1 aromatic heterocycles. The van der Waals surface area contributed by atoms with Crippen LogP contribution in [0.1, 0.15) is 21.6 Å². The standard InChI is InChI=1S/C34H32N2O8/c1-40-28-15-22(16-29(41-2)32(28)42-3)30-26-14-13-25(44-19-21-7-5-20(18-37)6-8-21)17-27(26)33(38)36(31(30)34(39)43-4)24-11-9-23(35)10-12-24/h5-17,37H,18-19,35H2,1-4H3. The number of nitrogen functional groups attached to an aromatic ring is 1. The number of methoxy groups -OCH3 is 4. The molecule has 0 unspecified atom stereocenters. The van der Waals surface area contributed by atoms with E-state index in [1.807, 2.05) is 24.3 Å². The number of pyridine rings is 1. The number of rotatable bonds is 10. The molecule has 0 radical (unpaired) electrons. The van der Waals surface area contributed by atoms with Crippen LogP contribution >= 0.6 is 0 Å². The zero-order valence-electron chi connectivity index (χ0n) is 24.7. The number of hydrogen-bond acceptors (Lipinski definition) is 9. The second-order valence-corrected chi connectivity index (χ2v) is 9.83. The molecule has 5 rings (SSSR count). The molecule has 0 aliphatic carbocycles. The van der Waals surface area contributed by atoms with Crippen molar-refractivity contribution in [3.05, 3.63) is 106 Å². The molecule has 44 heavy (non-hydrogen) atoms. The Labute approximate surface area is 253 Å². The highest BCUT2D eigenvalue weighted by Gasteiger charge is 2.27. The van der Waals surface area contributed by atoms with Crippen molar-refractivity contribution in [2.45, 2.75) is 13.2 Å². The second-order valence-electron chi connectivity index (χ2n) is 9.83. The van der Waals surface area contributed by atoms with Crippen molar-refractivity contribution in [1.82, 2.24) is 4.57 Å². The van der Waals surface area contributed by atoms with Gasteiger partial charge in [0, 0.05) is 16.9 Å². The molecule has 0 spiro atoms. The van der Waals surface area contributed by atoms with Crippen LogP contribution in [0.25, 0.3) is 27.6 Å². The lowest BCUT2D eigenvalue weighted by molar-refractivity contribution is 0.0591. The van der Waals surface area contributed by atoms with Gasteiger partial charge in [-0.05, 0) is 76.7 Å². The van der Waals surface area contributed by atoms with Gasteiger partial charge in [0.05, 0.1) is 40.4 Å². The van der Waals surface area contributed by atoms with Gasteiger partial charge in [-0.25, -0.2) is 4.79 Å². The van der Waals surface area contributed by atoms with Gasteiger partial charge in [0.25, 0.3) is 5.56 Å². The van der Waals surface area contributed by atoms with E-state index in [1.165, 1.54) is 33.0 Å². The molecule has 0 saturated heterocycles. The average Bonchev–Trinajstić information content (AvgIpc) is 3.06. The molecule has 0 aliphatic rings. The van der Waals surface area contributed by atoms with E-state index >= 15 is 0 Å². The molecular formula is C34H32N2O8. The van der Waals surface area contributed by atoms with E-state index < -0.39 is 11.5 Å². The minimum Gasteiger partial charge on any atom is -0.493 e. The number of aliphatic hydroxyl groups excluding tert-OH is 1. The zero-order valence-corrected chi connectivity index (χ0v) is 24.7. The van der Waals surface area contributed by atoms with E-state index in [-0.39, 0.29) is 18.9 Å². The SMILES string of the molecule is COC(=O)c1c(-c2cc(OC)c(OC)c(OC)c2)c2ccc(OCc3ccc(CO)cc3)cc2c(=O)n1-c1ccc(N)cc1. The molecule has 0 bridgehead atoms. The summed E-state index contributed by atoms with van der Waals surface area (Å²) in [5, 5.41) is 10.1. The summed E-state index contributed by atoms with van der Waals surface area (Å²) in [6.07, 6.45) is 0. The Morgan fingerprint density at radius 3 is 2.00 bits per heavy atom. The lowest BCUT2D eigenvalue weighted by atomic mass is 9.95. The summed E-state index contributed by atoms with van der Waals surface area (Å²) in [6.45, 7) is 0.192. The van der Waals surface area contributed by atoms with Crippen molar-refractivity contribution in [2.75, 3.05) is 34.2 Å². The first-order chi connectivity index (χ1) is 21.3. The molecule has 0 atom stereocenters. The summed E-state index contributed by atoms with van der Waals surface area (Å²) in [5.74, 6) is 0.825. The van der Waals surface area contributed by atoms with Crippen LogP contribution in [-0.2, 0) is 18.0 Å². The van der Waals surface area contributed by atoms with Crippen molar-refractivity contribution in [2.24, 2.45) is 0 Å². The van der Waals surface area contributed by atoms with Crippen LogP contribution in [0.3, 0.4) is 0 Å². The summed E-state index contributed by atoms with van der Waals surface area (Å²) in [5.41, 5.74) is 9.00. The van der Waals surface area contributed by atoms with Gasteiger partial charge in [-0.15, -0.1) is 0 Å². The Hall–Kier alpha value is -5.48. The predicted molar refractivity (Wildman–Crippen MR) is 167 cm³/mol. The Morgan fingerprint density at radius 2 is 1.43 bits per heavy atom. The fourth-order valence-corrected chi connectivity index (χ4v) is 5.05. The van der Waals surface area contributed by atoms with Crippen molar-refractivity contribution < 1.29 is 33.6 Å². The van der Waals surface area contributed by atoms with E-state index in [0.717, 1.165) is 11.1 Å². The predicted octanol–water partition coefficient (Wildman–Crippen LogP) is 5.12. The van der Waals surface area contributed by atoms with E-state index in [4.69, 9.17) is 29.4 Å². The summed E-state index contributed by atoms with van der Waals surface area (Å²) >= 11 is 0. The van der Waals surface area contributed by atoms with Crippen LogP contribution in [0.4, 0.5) is 5.69 Å². The second kappa shape index (κ2) is 12.8. The van der Waals surface area contributed by atoms with Gasteiger partial charge in [-0.1, -0.05) is 24.3 Å². The highest BCUT2D eigenvalue weighted by Crippen LogP contribution is 2.44. The van der Waals surface area contributed by atoms with E-state index in [0.29, 0.717) is 56.3 Å². The first kappa shape index (κ1) is 30.0. The summed E-state index contributed by atoms with van der Waals surface area (Å²) in [6, 6.07) is 22.5. The number of fused-ring (bicyclic) bond motifs is 1. The number of nitrogens with two attached hydrogens (primary N) is 1. The minimum absolute atomic E-state index is 0.00156. The van der Waals surface area contributed by atoms with Gasteiger partial charge in [0.15, 0.2) is 11.5 Å². The lowest BCUT2D eigenvalue weighted by Gasteiger charge is -2.21. The number of carbonyl (C=O) groups excluding carboxylic acids is 1. The highest BCUT2D eigenvalue weighted by molar-refractivity contribution is 6.08. The van der Waals surface area contributed by atoms with E-state index in [2.05, 4.69) is 0 Å². The summed E-state index contributed by atoms with van der Waals surface area (Å²) < 4.78 is 29.3. The van der Waals surface area contributed by atoms with Crippen molar-refractivity contribution >= 4 is 22.4 Å². The van der Waals surface area contributed by atoms with Crippen LogP contribution in [0, 0.1) is 0 Å². The fourth-order valence-electron chi connectivity index (χ4n) is 5.05. The molecule has 3 N–H and O–H groups in total. The number of esters is 1. The quantitative estimate of drug-likeness (QED) is 0.167. The fraction of sp³-hybridized carbons (Fsp3) is 0.176. The normalized spacial score (nSPS) is 10.8. The Balaban J connectivity index is 1.80.